The van der Waals surface area contributed by atoms with E-state index < -0.39 is 6.04 Å². The van der Waals surface area contributed by atoms with Gasteiger partial charge in [0, 0.05) is 18.3 Å². The van der Waals surface area contributed by atoms with E-state index >= 15 is 0 Å². The zero-order valence-electron chi connectivity index (χ0n) is 12.8. The van der Waals surface area contributed by atoms with Gasteiger partial charge < -0.3 is 15.6 Å². The van der Waals surface area contributed by atoms with Crippen LogP contribution in [0.15, 0.2) is 24.3 Å². The monoisotopic (exact) mass is 287 g/mol. The molecule has 112 valence electrons. The lowest BCUT2D eigenvalue weighted by Crippen LogP contribution is -2.39. The molecule has 0 radical (unpaired) electrons. The average Bonchev–Trinajstić information content (AvgIpc) is 2.78. The minimum Gasteiger partial charge on any atom is -0.325 e. The summed E-state index contributed by atoms with van der Waals surface area (Å²) in [4.78, 5) is 12.0. The van der Waals surface area contributed by atoms with Crippen molar-refractivity contribution in [3.8, 4) is 11.4 Å². The number of amides is 1. The van der Waals surface area contributed by atoms with Crippen molar-refractivity contribution in [2.24, 2.45) is 18.7 Å². The first kappa shape index (κ1) is 15.2. The minimum absolute atomic E-state index is 0.0922. The summed E-state index contributed by atoms with van der Waals surface area (Å²) in [6.45, 7) is 5.73. The van der Waals surface area contributed by atoms with Crippen LogP contribution in [0.3, 0.4) is 0 Å². The van der Waals surface area contributed by atoms with E-state index in [1.807, 2.05) is 56.7 Å². The quantitative estimate of drug-likeness (QED) is 0.896. The molecule has 3 N–H and O–H groups in total. The highest BCUT2D eigenvalue weighted by Crippen LogP contribution is 2.21. The summed E-state index contributed by atoms with van der Waals surface area (Å²) in [6, 6.07) is 6.98. The van der Waals surface area contributed by atoms with Crippen LogP contribution in [0.4, 0.5) is 5.69 Å². The summed E-state index contributed by atoms with van der Waals surface area (Å²) in [7, 11) is 1.91. The fourth-order valence-corrected chi connectivity index (χ4v) is 1.92. The van der Waals surface area contributed by atoms with Crippen LogP contribution in [0.5, 0.6) is 0 Å². The van der Waals surface area contributed by atoms with Crippen LogP contribution >= 0.6 is 0 Å². The number of carbonyl (C=O) groups is 1. The van der Waals surface area contributed by atoms with Gasteiger partial charge in [-0.2, -0.15) is 0 Å². The first-order valence-electron chi connectivity index (χ1n) is 6.93. The van der Waals surface area contributed by atoms with Crippen molar-refractivity contribution in [2.45, 2.75) is 26.8 Å². The van der Waals surface area contributed by atoms with E-state index in [0.29, 0.717) is 5.69 Å². The van der Waals surface area contributed by atoms with Gasteiger partial charge in [-0.15, -0.1) is 10.2 Å². The Morgan fingerprint density at radius 1 is 1.33 bits per heavy atom. The second kappa shape index (κ2) is 6.05. The fraction of sp³-hybridized carbons (Fsp3) is 0.400. The molecule has 0 fully saturated rings. The molecule has 2 rings (SSSR count). The molecular weight excluding hydrogens is 266 g/mol. The van der Waals surface area contributed by atoms with Crippen LogP contribution in [0.1, 0.15) is 19.7 Å². The van der Waals surface area contributed by atoms with Crippen LogP contribution in [0, 0.1) is 12.8 Å². The van der Waals surface area contributed by atoms with E-state index in [0.717, 1.165) is 17.2 Å². The molecule has 2 aromatic rings. The molecule has 0 bridgehead atoms. The number of aromatic nitrogens is 3. The Morgan fingerprint density at radius 2 is 2.05 bits per heavy atom. The van der Waals surface area contributed by atoms with E-state index in [1.54, 1.807) is 0 Å². The Kier molecular flexibility index (Phi) is 4.37. The molecule has 6 nitrogen and oxygen atoms in total. The van der Waals surface area contributed by atoms with E-state index in [-0.39, 0.29) is 11.8 Å². The maximum atomic E-state index is 12.0. The van der Waals surface area contributed by atoms with Gasteiger partial charge in [-0.1, -0.05) is 26.0 Å². The minimum atomic E-state index is -0.522. The van der Waals surface area contributed by atoms with Gasteiger partial charge in [0.15, 0.2) is 5.82 Å². The normalized spacial score (nSPS) is 12.5. The number of carbonyl (C=O) groups excluding carboxylic acids is 1. The van der Waals surface area contributed by atoms with Gasteiger partial charge in [0.25, 0.3) is 0 Å². The van der Waals surface area contributed by atoms with Crippen LogP contribution in [-0.2, 0) is 11.8 Å². The highest BCUT2D eigenvalue weighted by Gasteiger charge is 2.17. The summed E-state index contributed by atoms with van der Waals surface area (Å²) in [5, 5.41) is 11.0. The molecule has 1 amide bonds. The number of nitrogens with one attached hydrogen (secondary N) is 1. The first-order valence-corrected chi connectivity index (χ1v) is 6.93. The van der Waals surface area contributed by atoms with Gasteiger partial charge in [-0.3, -0.25) is 4.79 Å². The van der Waals surface area contributed by atoms with Gasteiger partial charge in [-0.25, -0.2) is 0 Å². The third-order valence-corrected chi connectivity index (χ3v) is 3.50. The van der Waals surface area contributed by atoms with Crippen molar-refractivity contribution < 1.29 is 4.79 Å². The molecule has 0 aliphatic heterocycles. The van der Waals surface area contributed by atoms with Gasteiger partial charge in [0.2, 0.25) is 5.91 Å². The number of anilines is 1. The van der Waals surface area contributed by atoms with E-state index in [4.69, 9.17) is 5.73 Å². The molecule has 0 aliphatic carbocycles. The predicted octanol–water partition coefficient (Wildman–Crippen LogP) is 1.71. The summed E-state index contributed by atoms with van der Waals surface area (Å²) >= 11 is 0. The smallest absolute Gasteiger partial charge is 0.241 e. The molecule has 21 heavy (non-hydrogen) atoms. The lowest BCUT2D eigenvalue weighted by Gasteiger charge is -2.15. The molecule has 1 aromatic heterocycles. The third-order valence-electron chi connectivity index (χ3n) is 3.50. The lowest BCUT2D eigenvalue weighted by atomic mass is 10.0. The molecule has 1 atom stereocenters. The van der Waals surface area contributed by atoms with Crippen LogP contribution in [0.2, 0.25) is 0 Å². The maximum Gasteiger partial charge on any atom is 0.241 e. The Morgan fingerprint density at radius 3 is 2.62 bits per heavy atom. The summed E-state index contributed by atoms with van der Waals surface area (Å²) in [6.07, 6.45) is 0. The molecule has 1 aromatic carbocycles. The van der Waals surface area contributed by atoms with Crippen molar-refractivity contribution in [2.75, 3.05) is 5.32 Å². The largest absolute Gasteiger partial charge is 0.325 e. The van der Waals surface area contributed by atoms with Crippen molar-refractivity contribution in [1.82, 2.24) is 14.8 Å². The van der Waals surface area contributed by atoms with Crippen molar-refractivity contribution in [3.63, 3.8) is 0 Å². The molecule has 0 aliphatic rings. The summed E-state index contributed by atoms with van der Waals surface area (Å²) in [5.41, 5.74) is 7.45. The van der Waals surface area contributed by atoms with Gasteiger partial charge in [-0.05, 0) is 25.0 Å². The Balaban J connectivity index is 2.23. The van der Waals surface area contributed by atoms with Gasteiger partial charge in [0.05, 0.1) is 6.04 Å². The van der Waals surface area contributed by atoms with Crippen LogP contribution < -0.4 is 11.1 Å². The van der Waals surface area contributed by atoms with Gasteiger partial charge in [0.1, 0.15) is 5.82 Å². The number of benzene rings is 1. The third kappa shape index (κ3) is 3.28. The van der Waals surface area contributed by atoms with E-state index in [1.165, 1.54) is 0 Å². The zero-order valence-corrected chi connectivity index (χ0v) is 12.8. The highest BCUT2D eigenvalue weighted by atomic mass is 16.2. The Bertz CT molecular complexity index is 647. The SMILES string of the molecule is Cc1nnc(-c2cccc(NC(=O)[C@@H](N)C(C)C)c2)n1C. The van der Waals surface area contributed by atoms with Crippen molar-refractivity contribution >= 4 is 11.6 Å². The van der Waals surface area contributed by atoms with Gasteiger partial charge >= 0.3 is 0 Å². The maximum absolute atomic E-state index is 12.0. The van der Waals surface area contributed by atoms with Crippen LogP contribution in [-0.4, -0.2) is 26.7 Å². The Hall–Kier alpha value is -2.21. The molecule has 0 saturated carbocycles. The molecular formula is C15H21N5O. The number of rotatable bonds is 4. The zero-order chi connectivity index (χ0) is 15.6. The highest BCUT2D eigenvalue weighted by molar-refractivity contribution is 5.95. The lowest BCUT2D eigenvalue weighted by molar-refractivity contribution is -0.118. The standard InChI is InChI=1S/C15H21N5O/c1-9(2)13(16)15(21)17-12-7-5-6-11(8-12)14-19-18-10(3)20(14)4/h5-9,13H,16H2,1-4H3,(H,17,21)/t13-/m0/s1. The summed E-state index contributed by atoms with van der Waals surface area (Å²) in [5.74, 6) is 1.50. The second-order valence-electron chi connectivity index (χ2n) is 5.47. The molecule has 6 heteroatoms. The fourth-order valence-electron chi connectivity index (χ4n) is 1.92. The van der Waals surface area contributed by atoms with Crippen molar-refractivity contribution in [1.29, 1.82) is 0 Å². The number of nitrogens with two attached hydrogens (primary N) is 1. The predicted molar refractivity (Wildman–Crippen MR) is 82.6 cm³/mol. The number of nitrogens with zero attached hydrogens (tertiary/aromatic N) is 3. The summed E-state index contributed by atoms with van der Waals surface area (Å²) < 4.78 is 1.90. The molecule has 1 heterocycles. The topological polar surface area (TPSA) is 85.8 Å². The second-order valence-corrected chi connectivity index (χ2v) is 5.47. The molecule has 0 saturated heterocycles. The Labute approximate surface area is 124 Å². The number of aryl methyl sites for hydroxylation is 1. The number of hydrogen-bond acceptors (Lipinski definition) is 4. The first-order chi connectivity index (χ1) is 9.90. The molecule has 0 spiro atoms. The average molecular weight is 287 g/mol. The van der Waals surface area contributed by atoms with Crippen LogP contribution in [0.25, 0.3) is 11.4 Å². The molecule has 0 unspecified atom stereocenters. The van der Waals surface area contributed by atoms with E-state index in [2.05, 4.69) is 15.5 Å². The van der Waals surface area contributed by atoms with Crippen molar-refractivity contribution in [3.05, 3.63) is 30.1 Å². The number of hydrogen-bond donors (Lipinski definition) is 2. The van der Waals surface area contributed by atoms with E-state index in [9.17, 15) is 4.79 Å².